The number of thiazole rings is 1. The van der Waals surface area contributed by atoms with Gasteiger partial charge in [-0.1, -0.05) is 0 Å². The summed E-state index contributed by atoms with van der Waals surface area (Å²) in [6.07, 6.45) is 1.51. The van der Waals surface area contributed by atoms with Crippen molar-refractivity contribution in [3.05, 3.63) is 47.1 Å². The standard InChI is InChI=1S/C20H24N4O4S/c1-4-28-19(26)16-11-21-24(18(16)12-23(2)9-10-25)20-22-17(13-29-20)14-5-7-15(27-3)8-6-14/h5-8,11,13,25H,4,9-10,12H2,1-3H3. The zero-order valence-corrected chi connectivity index (χ0v) is 17.5. The van der Waals surface area contributed by atoms with Crippen LogP contribution < -0.4 is 4.74 Å². The first kappa shape index (κ1) is 21.0. The number of hydrogen-bond acceptors (Lipinski definition) is 8. The minimum absolute atomic E-state index is 0.0260. The van der Waals surface area contributed by atoms with Gasteiger partial charge in [-0.3, -0.25) is 4.90 Å². The van der Waals surface area contributed by atoms with E-state index in [2.05, 4.69) is 5.10 Å². The molecule has 2 heterocycles. The summed E-state index contributed by atoms with van der Waals surface area (Å²) < 4.78 is 12.0. The predicted molar refractivity (Wildman–Crippen MR) is 111 cm³/mol. The van der Waals surface area contributed by atoms with Gasteiger partial charge in [0.1, 0.15) is 11.3 Å². The Balaban J connectivity index is 1.95. The van der Waals surface area contributed by atoms with Crippen LogP contribution in [0.4, 0.5) is 0 Å². The SMILES string of the molecule is CCOC(=O)c1cnn(-c2nc(-c3ccc(OC)cc3)cs2)c1CN(C)CCO. The van der Waals surface area contributed by atoms with E-state index < -0.39 is 5.97 Å². The molecule has 0 saturated carbocycles. The molecule has 154 valence electrons. The van der Waals surface area contributed by atoms with E-state index in [1.807, 2.05) is 41.6 Å². The van der Waals surface area contributed by atoms with Crippen LogP contribution in [-0.2, 0) is 11.3 Å². The van der Waals surface area contributed by atoms with Crippen molar-refractivity contribution in [1.82, 2.24) is 19.7 Å². The Hall–Kier alpha value is -2.75. The van der Waals surface area contributed by atoms with Gasteiger partial charge in [0.2, 0.25) is 5.13 Å². The van der Waals surface area contributed by atoms with Gasteiger partial charge >= 0.3 is 5.97 Å². The number of carbonyl (C=O) groups excluding carboxylic acids is 1. The number of rotatable bonds is 9. The summed E-state index contributed by atoms with van der Waals surface area (Å²) in [7, 11) is 3.50. The van der Waals surface area contributed by atoms with E-state index in [-0.39, 0.29) is 13.2 Å². The minimum Gasteiger partial charge on any atom is -0.497 e. The molecular weight excluding hydrogens is 392 g/mol. The number of hydrogen-bond donors (Lipinski definition) is 1. The highest BCUT2D eigenvalue weighted by Crippen LogP contribution is 2.27. The molecule has 0 radical (unpaired) electrons. The molecular formula is C20H24N4O4S. The molecule has 0 amide bonds. The van der Waals surface area contributed by atoms with Crippen molar-refractivity contribution in [1.29, 1.82) is 0 Å². The second kappa shape index (κ2) is 9.64. The van der Waals surface area contributed by atoms with Crippen LogP contribution in [0.15, 0.2) is 35.8 Å². The number of carbonyl (C=O) groups is 1. The number of aliphatic hydroxyl groups is 1. The number of likely N-dealkylation sites (N-methyl/N-ethyl adjacent to an activating group) is 1. The summed E-state index contributed by atoms with van der Waals surface area (Å²) in [5.41, 5.74) is 2.85. The zero-order valence-electron chi connectivity index (χ0n) is 16.7. The second-order valence-corrected chi connectivity index (χ2v) is 7.18. The summed E-state index contributed by atoms with van der Waals surface area (Å²) in [6, 6.07) is 7.66. The molecule has 0 unspecified atom stereocenters. The summed E-state index contributed by atoms with van der Waals surface area (Å²) in [6.45, 7) is 2.98. The normalized spacial score (nSPS) is 11.1. The molecule has 0 aliphatic carbocycles. The highest BCUT2D eigenvalue weighted by molar-refractivity contribution is 7.12. The molecule has 0 spiro atoms. The Labute approximate surface area is 173 Å². The molecule has 3 aromatic rings. The van der Waals surface area contributed by atoms with Gasteiger partial charge < -0.3 is 14.6 Å². The number of ether oxygens (including phenoxy) is 2. The third-order valence-corrected chi connectivity index (χ3v) is 5.14. The number of nitrogens with zero attached hydrogens (tertiary/aromatic N) is 4. The maximum Gasteiger partial charge on any atom is 0.341 e. The monoisotopic (exact) mass is 416 g/mol. The Kier molecular flexibility index (Phi) is 6.97. The fourth-order valence-corrected chi connectivity index (χ4v) is 3.65. The van der Waals surface area contributed by atoms with E-state index in [0.717, 1.165) is 17.0 Å². The quantitative estimate of drug-likeness (QED) is 0.536. The Morgan fingerprint density at radius 3 is 2.72 bits per heavy atom. The number of aliphatic hydroxyl groups excluding tert-OH is 1. The van der Waals surface area contributed by atoms with Crippen molar-refractivity contribution in [2.24, 2.45) is 0 Å². The van der Waals surface area contributed by atoms with Crippen LogP contribution in [0.25, 0.3) is 16.4 Å². The highest BCUT2D eigenvalue weighted by Gasteiger charge is 2.22. The molecule has 0 saturated heterocycles. The van der Waals surface area contributed by atoms with Crippen LogP contribution in [0, 0.1) is 0 Å². The third-order valence-electron chi connectivity index (χ3n) is 4.32. The van der Waals surface area contributed by atoms with Crippen molar-refractivity contribution in [2.75, 3.05) is 33.9 Å². The summed E-state index contributed by atoms with van der Waals surface area (Å²) >= 11 is 1.44. The van der Waals surface area contributed by atoms with Crippen LogP contribution >= 0.6 is 11.3 Å². The van der Waals surface area contributed by atoms with Gasteiger partial charge in [0.05, 0.1) is 37.9 Å². The third kappa shape index (κ3) is 4.81. The smallest absolute Gasteiger partial charge is 0.341 e. The maximum absolute atomic E-state index is 12.4. The number of benzene rings is 1. The van der Waals surface area contributed by atoms with Gasteiger partial charge in [-0.25, -0.2) is 14.5 Å². The lowest BCUT2D eigenvalue weighted by molar-refractivity contribution is 0.0524. The first-order valence-corrected chi connectivity index (χ1v) is 10.1. The predicted octanol–water partition coefficient (Wildman–Crippen LogP) is 2.61. The van der Waals surface area contributed by atoms with Crippen LogP contribution in [0.5, 0.6) is 5.75 Å². The average Bonchev–Trinajstić information content (AvgIpc) is 3.35. The van der Waals surface area contributed by atoms with Crippen molar-refractivity contribution >= 4 is 17.3 Å². The van der Waals surface area contributed by atoms with E-state index in [0.29, 0.717) is 29.5 Å². The lowest BCUT2D eigenvalue weighted by atomic mass is 10.2. The van der Waals surface area contributed by atoms with Gasteiger partial charge in [0.15, 0.2) is 0 Å². The number of methoxy groups -OCH3 is 1. The van der Waals surface area contributed by atoms with Crippen molar-refractivity contribution < 1.29 is 19.4 Å². The van der Waals surface area contributed by atoms with Crippen molar-refractivity contribution in [2.45, 2.75) is 13.5 Å². The maximum atomic E-state index is 12.4. The molecule has 0 aliphatic rings. The Bertz CT molecular complexity index is 952. The second-order valence-electron chi connectivity index (χ2n) is 6.34. The molecule has 0 fully saturated rings. The van der Waals surface area contributed by atoms with Gasteiger partial charge in [-0.2, -0.15) is 5.10 Å². The van der Waals surface area contributed by atoms with Crippen LogP contribution in [-0.4, -0.2) is 64.7 Å². The van der Waals surface area contributed by atoms with Crippen LogP contribution in [0.1, 0.15) is 23.0 Å². The molecule has 9 heteroatoms. The molecule has 1 aromatic carbocycles. The van der Waals surface area contributed by atoms with Gasteiger partial charge in [0.25, 0.3) is 0 Å². The summed E-state index contributed by atoms with van der Waals surface area (Å²) in [4.78, 5) is 19.0. The zero-order chi connectivity index (χ0) is 20.8. The lowest BCUT2D eigenvalue weighted by Crippen LogP contribution is -2.24. The van der Waals surface area contributed by atoms with Crippen molar-refractivity contribution in [3.8, 4) is 22.1 Å². The molecule has 3 rings (SSSR count). The highest BCUT2D eigenvalue weighted by atomic mass is 32.1. The fraction of sp³-hybridized carbons (Fsp3) is 0.350. The minimum atomic E-state index is -0.418. The van der Waals surface area contributed by atoms with Crippen LogP contribution in [0.3, 0.4) is 0 Å². The molecule has 29 heavy (non-hydrogen) atoms. The average molecular weight is 417 g/mol. The molecule has 8 nitrogen and oxygen atoms in total. The van der Waals surface area contributed by atoms with Gasteiger partial charge in [0, 0.05) is 24.0 Å². The molecule has 0 atom stereocenters. The summed E-state index contributed by atoms with van der Waals surface area (Å²) in [5, 5.41) is 16.2. The fourth-order valence-electron chi connectivity index (χ4n) is 2.83. The van der Waals surface area contributed by atoms with Crippen molar-refractivity contribution in [3.63, 3.8) is 0 Å². The molecule has 2 aromatic heterocycles. The topological polar surface area (TPSA) is 89.7 Å². The van der Waals surface area contributed by atoms with Crippen LogP contribution in [0.2, 0.25) is 0 Å². The first-order valence-electron chi connectivity index (χ1n) is 9.21. The summed E-state index contributed by atoms with van der Waals surface area (Å²) in [5.74, 6) is 0.364. The Morgan fingerprint density at radius 2 is 2.07 bits per heavy atom. The molecule has 0 aliphatic heterocycles. The van der Waals surface area contributed by atoms with Gasteiger partial charge in [-0.15, -0.1) is 11.3 Å². The lowest BCUT2D eigenvalue weighted by Gasteiger charge is -2.16. The van der Waals surface area contributed by atoms with Gasteiger partial charge in [-0.05, 0) is 38.2 Å². The molecule has 0 bridgehead atoms. The van der Waals surface area contributed by atoms with E-state index >= 15 is 0 Å². The number of aromatic nitrogens is 3. The first-order chi connectivity index (χ1) is 14.1. The largest absolute Gasteiger partial charge is 0.497 e. The van der Waals surface area contributed by atoms with E-state index in [1.54, 1.807) is 18.7 Å². The van der Waals surface area contributed by atoms with E-state index in [9.17, 15) is 9.90 Å². The molecule has 1 N–H and O–H groups in total. The number of esters is 1. The Morgan fingerprint density at radius 1 is 1.31 bits per heavy atom. The van der Waals surface area contributed by atoms with E-state index in [4.69, 9.17) is 14.5 Å². The van der Waals surface area contributed by atoms with E-state index in [1.165, 1.54) is 17.5 Å².